The number of nitrogens with one attached hydrogen (secondary N) is 1. The molecule has 0 radical (unpaired) electrons. The zero-order valence-electron chi connectivity index (χ0n) is 15.6. The van der Waals surface area contributed by atoms with Crippen LogP contribution in [0.2, 0.25) is 5.02 Å². The summed E-state index contributed by atoms with van der Waals surface area (Å²) in [6.07, 6.45) is 0. The van der Waals surface area contributed by atoms with Crippen molar-refractivity contribution in [2.45, 2.75) is 18.7 Å². The van der Waals surface area contributed by atoms with Crippen LogP contribution in [0.1, 0.15) is 29.8 Å². The van der Waals surface area contributed by atoms with E-state index in [1.807, 2.05) is 6.07 Å². The van der Waals surface area contributed by atoms with Crippen LogP contribution in [0, 0.1) is 11.3 Å². The van der Waals surface area contributed by atoms with Crippen LogP contribution >= 0.6 is 22.9 Å². The minimum Gasteiger partial charge on any atom is -0.452 e. The van der Waals surface area contributed by atoms with Crippen molar-refractivity contribution in [3.8, 4) is 6.07 Å². The van der Waals surface area contributed by atoms with Gasteiger partial charge in [-0.1, -0.05) is 25.4 Å². The van der Waals surface area contributed by atoms with Crippen LogP contribution in [0.25, 0.3) is 0 Å². The number of halogens is 1. The lowest BCUT2D eigenvalue weighted by molar-refractivity contribution is -0.119. The second kappa shape index (κ2) is 9.84. The third-order valence-electron chi connectivity index (χ3n) is 3.86. The molecule has 2 aromatic rings. The fourth-order valence-corrected chi connectivity index (χ4v) is 5.11. The predicted octanol–water partition coefficient (Wildman–Crippen LogP) is 3.10. The fourth-order valence-electron chi connectivity index (χ4n) is 2.40. The zero-order chi connectivity index (χ0) is 21.6. The maximum Gasteiger partial charge on any atom is 0.338 e. The highest BCUT2D eigenvalue weighted by atomic mass is 35.5. The standard InChI is InChI=1S/C18H18ClN3O5S2/c1-3-22(4-2)29(25,26)15-9-12(5-6-14(15)19)18(24)27-11-16(23)21-17-13(10-20)7-8-28-17/h5-9H,3-4,11H2,1-2H3,(H,21,23). The Hall–Kier alpha value is -2.45. The predicted molar refractivity (Wildman–Crippen MR) is 110 cm³/mol. The summed E-state index contributed by atoms with van der Waals surface area (Å²) >= 11 is 7.20. The van der Waals surface area contributed by atoms with Crippen molar-refractivity contribution in [3.05, 3.63) is 45.8 Å². The number of ether oxygens (including phenoxy) is 1. The molecule has 0 fully saturated rings. The van der Waals surface area contributed by atoms with Gasteiger partial charge in [0, 0.05) is 13.1 Å². The maximum absolute atomic E-state index is 12.7. The molecule has 1 aromatic carbocycles. The van der Waals surface area contributed by atoms with Crippen molar-refractivity contribution in [2.24, 2.45) is 0 Å². The van der Waals surface area contributed by atoms with Gasteiger partial charge in [-0.3, -0.25) is 4.79 Å². The number of amides is 1. The Morgan fingerprint density at radius 2 is 1.97 bits per heavy atom. The van der Waals surface area contributed by atoms with Crippen LogP contribution in [0.15, 0.2) is 34.5 Å². The third kappa shape index (κ3) is 5.33. The molecule has 0 unspecified atom stereocenters. The highest BCUT2D eigenvalue weighted by Gasteiger charge is 2.26. The summed E-state index contributed by atoms with van der Waals surface area (Å²) in [7, 11) is -3.88. The van der Waals surface area contributed by atoms with E-state index in [2.05, 4.69) is 5.32 Å². The van der Waals surface area contributed by atoms with Crippen molar-refractivity contribution in [3.63, 3.8) is 0 Å². The average molecular weight is 456 g/mol. The topological polar surface area (TPSA) is 117 Å². The summed E-state index contributed by atoms with van der Waals surface area (Å²) in [6, 6.07) is 7.22. The van der Waals surface area contributed by atoms with Gasteiger partial charge in [0.05, 0.1) is 16.1 Å². The Balaban J connectivity index is 2.12. The second-order valence-corrected chi connectivity index (χ2v) is 8.86. The highest BCUT2D eigenvalue weighted by Crippen LogP contribution is 2.26. The number of rotatable bonds is 8. The summed E-state index contributed by atoms with van der Waals surface area (Å²) in [5.74, 6) is -1.50. The van der Waals surface area contributed by atoms with Gasteiger partial charge in [-0.15, -0.1) is 11.3 Å². The van der Waals surface area contributed by atoms with E-state index < -0.39 is 28.5 Å². The molecule has 11 heteroatoms. The Morgan fingerprint density at radius 3 is 2.59 bits per heavy atom. The normalized spacial score (nSPS) is 11.1. The van der Waals surface area contributed by atoms with E-state index >= 15 is 0 Å². The van der Waals surface area contributed by atoms with Crippen LogP contribution in [-0.2, 0) is 19.6 Å². The van der Waals surface area contributed by atoms with Gasteiger partial charge in [0.2, 0.25) is 10.0 Å². The number of esters is 1. The van der Waals surface area contributed by atoms with Crippen LogP contribution in [-0.4, -0.2) is 44.3 Å². The Morgan fingerprint density at radius 1 is 1.28 bits per heavy atom. The van der Waals surface area contributed by atoms with Gasteiger partial charge in [-0.25, -0.2) is 13.2 Å². The van der Waals surface area contributed by atoms with Gasteiger partial charge < -0.3 is 10.1 Å². The third-order valence-corrected chi connectivity index (χ3v) is 7.22. The molecule has 0 atom stereocenters. The smallest absolute Gasteiger partial charge is 0.338 e. The fraction of sp³-hybridized carbons (Fsp3) is 0.278. The van der Waals surface area contributed by atoms with E-state index in [4.69, 9.17) is 21.6 Å². The molecule has 1 amide bonds. The lowest BCUT2D eigenvalue weighted by atomic mass is 10.2. The molecule has 29 heavy (non-hydrogen) atoms. The van der Waals surface area contributed by atoms with Gasteiger partial charge >= 0.3 is 5.97 Å². The first kappa shape index (κ1) is 22.8. The zero-order valence-corrected chi connectivity index (χ0v) is 18.0. The van der Waals surface area contributed by atoms with Crippen molar-refractivity contribution < 1.29 is 22.7 Å². The molecule has 0 saturated heterocycles. The van der Waals surface area contributed by atoms with Gasteiger partial charge in [-0.2, -0.15) is 9.57 Å². The molecule has 0 aliphatic carbocycles. The number of benzene rings is 1. The molecule has 0 aliphatic heterocycles. The molecule has 1 N–H and O–H groups in total. The number of anilines is 1. The molecule has 1 heterocycles. The largest absolute Gasteiger partial charge is 0.452 e. The molecule has 154 valence electrons. The lowest BCUT2D eigenvalue weighted by Gasteiger charge is -2.19. The number of thiophene rings is 1. The Kier molecular flexibility index (Phi) is 7.75. The van der Waals surface area contributed by atoms with Crippen molar-refractivity contribution in [2.75, 3.05) is 25.0 Å². The molecule has 0 spiro atoms. The van der Waals surface area contributed by atoms with E-state index in [-0.39, 0.29) is 28.6 Å². The number of hydrogen-bond donors (Lipinski definition) is 1. The summed E-state index contributed by atoms with van der Waals surface area (Å²) in [4.78, 5) is 24.0. The minimum atomic E-state index is -3.88. The van der Waals surface area contributed by atoms with E-state index in [0.29, 0.717) is 10.6 Å². The molecular formula is C18H18ClN3O5S2. The number of carbonyl (C=O) groups excluding carboxylic acids is 2. The van der Waals surface area contributed by atoms with Crippen molar-refractivity contribution >= 4 is 49.8 Å². The number of nitrogens with zero attached hydrogens (tertiary/aromatic N) is 2. The highest BCUT2D eigenvalue weighted by molar-refractivity contribution is 7.89. The van der Waals surface area contributed by atoms with E-state index in [9.17, 15) is 18.0 Å². The number of nitriles is 1. The quantitative estimate of drug-likeness (QED) is 0.611. The summed E-state index contributed by atoms with van der Waals surface area (Å²) in [5, 5.41) is 13.4. The van der Waals surface area contributed by atoms with Gasteiger partial charge in [0.25, 0.3) is 5.91 Å². The van der Waals surface area contributed by atoms with Crippen LogP contribution in [0.4, 0.5) is 5.00 Å². The Bertz CT molecular complexity index is 1060. The Labute approximate surface area is 177 Å². The van der Waals surface area contributed by atoms with Gasteiger partial charge in [-0.05, 0) is 29.6 Å². The van der Waals surface area contributed by atoms with Gasteiger partial charge in [0.15, 0.2) is 6.61 Å². The van der Waals surface area contributed by atoms with E-state index in [1.165, 1.54) is 27.8 Å². The van der Waals surface area contributed by atoms with Crippen LogP contribution in [0.3, 0.4) is 0 Å². The van der Waals surface area contributed by atoms with Crippen molar-refractivity contribution in [1.82, 2.24) is 4.31 Å². The van der Waals surface area contributed by atoms with Crippen LogP contribution in [0.5, 0.6) is 0 Å². The minimum absolute atomic E-state index is 0.0204. The first-order valence-electron chi connectivity index (χ1n) is 8.48. The van der Waals surface area contributed by atoms with Gasteiger partial charge in [0.1, 0.15) is 16.0 Å². The maximum atomic E-state index is 12.7. The molecule has 0 aliphatic rings. The molecule has 8 nitrogen and oxygen atoms in total. The molecule has 0 saturated carbocycles. The van der Waals surface area contributed by atoms with Crippen LogP contribution < -0.4 is 5.32 Å². The van der Waals surface area contributed by atoms with E-state index in [0.717, 1.165) is 6.07 Å². The first-order chi connectivity index (χ1) is 13.7. The number of hydrogen-bond acceptors (Lipinski definition) is 7. The lowest BCUT2D eigenvalue weighted by Crippen LogP contribution is -2.31. The molecule has 2 rings (SSSR count). The molecule has 1 aromatic heterocycles. The second-order valence-electron chi connectivity index (χ2n) is 5.63. The monoisotopic (exact) mass is 455 g/mol. The number of sulfonamides is 1. The van der Waals surface area contributed by atoms with Crippen molar-refractivity contribution in [1.29, 1.82) is 5.26 Å². The summed E-state index contributed by atoms with van der Waals surface area (Å²) < 4.78 is 31.6. The van der Waals surface area contributed by atoms with E-state index in [1.54, 1.807) is 25.3 Å². The molecule has 0 bridgehead atoms. The number of carbonyl (C=O) groups is 2. The summed E-state index contributed by atoms with van der Waals surface area (Å²) in [6.45, 7) is 3.28. The average Bonchev–Trinajstić information content (AvgIpc) is 3.14. The summed E-state index contributed by atoms with van der Waals surface area (Å²) in [5.41, 5.74) is 0.250. The molecular weight excluding hydrogens is 438 g/mol. The first-order valence-corrected chi connectivity index (χ1v) is 11.2. The SMILES string of the molecule is CCN(CC)S(=O)(=O)c1cc(C(=O)OCC(=O)Nc2sccc2C#N)ccc1Cl.